The molecule has 5 rings (SSSR count). The van der Waals surface area contributed by atoms with Crippen molar-refractivity contribution in [3.8, 4) is 5.88 Å². The summed E-state index contributed by atoms with van der Waals surface area (Å²) in [6, 6.07) is 1.80. The lowest BCUT2D eigenvalue weighted by Crippen LogP contribution is -2.59. The van der Waals surface area contributed by atoms with Crippen molar-refractivity contribution in [1.29, 1.82) is 0 Å². The molecule has 3 aliphatic rings. The number of nitrogens with zero attached hydrogens (tertiary/aromatic N) is 5. The lowest BCUT2D eigenvalue weighted by atomic mass is 9.66. The zero-order chi connectivity index (χ0) is 23.6. The number of esters is 1. The molecule has 2 aromatic heterocycles. The van der Waals surface area contributed by atoms with Crippen LogP contribution in [-0.2, 0) is 19.1 Å². The summed E-state index contributed by atoms with van der Waals surface area (Å²) in [6.07, 6.45) is 2.80. The molecular formula is C22H29N5O5S. The van der Waals surface area contributed by atoms with Crippen LogP contribution in [0, 0.1) is 17.8 Å². The first kappa shape index (κ1) is 22.4. The van der Waals surface area contributed by atoms with Crippen molar-refractivity contribution in [3.63, 3.8) is 0 Å². The Kier molecular flexibility index (Phi) is 5.13. The molecule has 2 saturated heterocycles. The summed E-state index contributed by atoms with van der Waals surface area (Å²) < 4.78 is 19.3. The van der Waals surface area contributed by atoms with Crippen LogP contribution in [0.1, 0.15) is 39.3 Å². The molecule has 2 aliphatic heterocycles. The number of aryl methyl sites for hydroxylation is 1. The fraction of sp³-hybridized carbons (Fsp3) is 0.682. The third-order valence-corrected chi connectivity index (χ3v) is 8.38. The average Bonchev–Trinajstić information content (AvgIpc) is 3.34. The Labute approximate surface area is 196 Å². The van der Waals surface area contributed by atoms with Crippen LogP contribution in [0.25, 0.3) is 5.78 Å². The van der Waals surface area contributed by atoms with E-state index in [1.807, 2.05) is 34.0 Å². The smallest absolute Gasteiger partial charge is 0.313 e. The highest BCUT2D eigenvalue weighted by Gasteiger charge is 2.76. The maximum absolute atomic E-state index is 13.7. The van der Waals surface area contributed by atoms with Gasteiger partial charge in [-0.25, -0.2) is 4.98 Å². The Morgan fingerprint density at radius 2 is 2.09 bits per heavy atom. The minimum atomic E-state index is -1.11. The van der Waals surface area contributed by atoms with E-state index >= 15 is 0 Å². The summed E-state index contributed by atoms with van der Waals surface area (Å²) in [6.45, 7) is 9.20. The molecule has 0 N–H and O–H groups in total. The zero-order valence-corrected chi connectivity index (χ0v) is 20.4. The predicted octanol–water partition coefficient (Wildman–Crippen LogP) is 1.88. The lowest BCUT2D eigenvalue weighted by Gasteiger charge is -2.41. The lowest BCUT2D eigenvalue weighted by molar-refractivity contribution is -0.178. The molecular weight excluding hydrogens is 446 g/mol. The number of amides is 1. The van der Waals surface area contributed by atoms with E-state index in [9.17, 15) is 9.59 Å². The average molecular weight is 476 g/mol. The van der Waals surface area contributed by atoms with E-state index in [1.165, 1.54) is 11.8 Å². The number of aromatic nitrogens is 4. The monoisotopic (exact) mass is 475 g/mol. The number of hydrogen-bond acceptors (Lipinski definition) is 9. The van der Waals surface area contributed by atoms with Crippen LogP contribution in [0.2, 0.25) is 0 Å². The number of hydrogen-bond donors (Lipinski definition) is 0. The fourth-order valence-corrected chi connectivity index (χ4v) is 5.62. The van der Waals surface area contributed by atoms with Crippen LogP contribution in [0.5, 0.6) is 5.88 Å². The highest BCUT2D eigenvalue weighted by Crippen LogP contribution is 2.66. The maximum Gasteiger partial charge on any atom is 0.313 e. The zero-order valence-electron chi connectivity index (χ0n) is 19.6. The normalized spacial score (nSPS) is 30.6. The minimum absolute atomic E-state index is 0.126. The van der Waals surface area contributed by atoms with Crippen molar-refractivity contribution in [2.24, 2.45) is 10.8 Å². The quantitative estimate of drug-likeness (QED) is 0.473. The summed E-state index contributed by atoms with van der Waals surface area (Å²) in [4.78, 5) is 36.8. The molecule has 2 bridgehead atoms. The molecule has 3 unspecified atom stereocenters. The summed E-state index contributed by atoms with van der Waals surface area (Å²) in [5, 5.41) is 5.02. The molecule has 0 radical (unpaired) electrons. The van der Waals surface area contributed by atoms with E-state index in [4.69, 9.17) is 14.2 Å². The molecule has 10 nitrogen and oxygen atoms in total. The Balaban J connectivity index is 1.31. The number of carbonyl (C=O) groups excluding carboxylic acids is 2. The van der Waals surface area contributed by atoms with Crippen LogP contribution < -0.4 is 4.74 Å². The molecule has 3 fully saturated rings. The first-order valence-electron chi connectivity index (χ1n) is 11.2. The van der Waals surface area contributed by atoms with Gasteiger partial charge < -0.3 is 19.1 Å². The van der Waals surface area contributed by atoms with E-state index in [1.54, 1.807) is 15.5 Å². The van der Waals surface area contributed by atoms with E-state index < -0.39 is 16.4 Å². The molecule has 11 heteroatoms. The molecule has 1 amide bonds. The van der Waals surface area contributed by atoms with E-state index in [2.05, 4.69) is 15.1 Å². The van der Waals surface area contributed by atoms with E-state index in [0.29, 0.717) is 49.4 Å². The molecule has 4 heterocycles. The van der Waals surface area contributed by atoms with Gasteiger partial charge in [0.05, 0.1) is 18.6 Å². The van der Waals surface area contributed by atoms with Crippen LogP contribution in [0.15, 0.2) is 11.2 Å². The fourth-order valence-electron chi connectivity index (χ4n) is 5.28. The van der Waals surface area contributed by atoms with Gasteiger partial charge >= 0.3 is 5.97 Å². The standard InChI is InChI=1S/C22H29N5O5S/c1-13-10-15(27-18(23-13)24-19(25-27)33-5)31-12-14-11-26(8-9-30-14)16(28)22-7-6-21(4,17(29)32-22)20(22,2)3/h10,14H,6-9,11-12H2,1-5H3. The molecule has 1 saturated carbocycles. The third kappa shape index (κ3) is 3.15. The summed E-state index contributed by atoms with van der Waals surface area (Å²) in [7, 11) is 0. The van der Waals surface area contributed by atoms with Crippen molar-refractivity contribution in [3.05, 3.63) is 11.8 Å². The molecule has 178 valence electrons. The van der Waals surface area contributed by atoms with Crippen molar-refractivity contribution in [2.45, 2.75) is 57.4 Å². The number of ether oxygens (including phenoxy) is 3. The molecule has 0 spiro atoms. The SMILES string of the molecule is CSc1nc2nc(C)cc(OCC3CN(C(=O)C45CCC(C)(C(=O)O4)C5(C)C)CCO3)n2n1. The van der Waals surface area contributed by atoms with Gasteiger partial charge in [0.2, 0.25) is 11.0 Å². The van der Waals surface area contributed by atoms with Gasteiger partial charge in [-0.15, -0.1) is 5.10 Å². The number of morpholine rings is 1. The van der Waals surface area contributed by atoms with Crippen LogP contribution in [0.3, 0.4) is 0 Å². The number of thioether (sulfide) groups is 1. The summed E-state index contributed by atoms with van der Waals surface area (Å²) >= 11 is 1.43. The Bertz CT molecular complexity index is 1140. The van der Waals surface area contributed by atoms with Crippen LogP contribution in [-0.4, -0.2) is 80.6 Å². The second kappa shape index (κ2) is 7.56. The van der Waals surface area contributed by atoms with Gasteiger partial charge in [-0.05, 0) is 32.9 Å². The second-order valence-corrected chi connectivity index (χ2v) is 10.5. The summed E-state index contributed by atoms with van der Waals surface area (Å²) in [5.41, 5.74) is -1.53. The molecule has 3 atom stereocenters. The van der Waals surface area contributed by atoms with Gasteiger partial charge in [0.1, 0.15) is 12.7 Å². The van der Waals surface area contributed by atoms with Gasteiger partial charge in [0.15, 0.2) is 5.60 Å². The maximum atomic E-state index is 13.7. The molecule has 1 aliphatic carbocycles. The highest BCUT2D eigenvalue weighted by atomic mass is 32.2. The third-order valence-electron chi connectivity index (χ3n) is 7.84. The van der Waals surface area contributed by atoms with Gasteiger partial charge in [-0.1, -0.05) is 25.6 Å². The Morgan fingerprint density at radius 3 is 2.76 bits per heavy atom. The van der Waals surface area contributed by atoms with Crippen LogP contribution in [0.4, 0.5) is 0 Å². The van der Waals surface area contributed by atoms with Gasteiger partial charge in [-0.2, -0.15) is 9.50 Å². The Hall–Kier alpha value is -2.40. The van der Waals surface area contributed by atoms with Crippen molar-refractivity contribution in [1.82, 2.24) is 24.5 Å². The molecule has 33 heavy (non-hydrogen) atoms. The van der Waals surface area contributed by atoms with Gasteiger partial charge in [0.25, 0.3) is 11.7 Å². The van der Waals surface area contributed by atoms with E-state index in [-0.39, 0.29) is 24.6 Å². The van der Waals surface area contributed by atoms with Gasteiger partial charge in [-0.3, -0.25) is 9.59 Å². The van der Waals surface area contributed by atoms with Crippen molar-refractivity contribution in [2.75, 3.05) is 32.6 Å². The highest BCUT2D eigenvalue weighted by molar-refractivity contribution is 7.98. The molecule has 0 aromatic carbocycles. The number of fused-ring (bicyclic) bond motifs is 3. The minimum Gasteiger partial charge on any atom is -0.475 e. The first-order chi connectivity index (χ1) is 15.6. The van der Waals surface area contributed by atoms with Crippen LogP contribution >= 0.6 is 11.8 Å². The van der Waals surface area contributed by atoms with Gasteiger partial charge in [0, 0.05) is 23.7 Å². The molecule has 2 aromatic rings. The number of carbonyl (C=O) groups is 2. The van der Waals surface area contributed by atoms with E-state index in [0.717, 1.165) is 5.69 Å². The number of rotatable bonds is 5. The largest absolute Gasteiger partial charge is 0.475 e. The van der Waals surface area contributed by atoms with Crippen molar-refractivity contribution >= 4 is 29.4 Å². The Morgan fingerprint density at radius 1 is 1.30 bits per heavy atom. The summed E-state index contributed by atoms with van der Waals surface area (Å²) in [5.74, 6) is 0.603. The van der Waals surface area contributed by atoms with Crippen molar-refractivity contribution < 1.29 is 23.8 Å². The topological polar surface area (TPSA) is 108 Å². The second-order valence-electron chi connectivity index (χ2n) is 9.77. The first-order valence-corrected chi connectivity index (χ1v) is 12.4. The predicted molar refractivity (Wildman–Crippen MR) is 119 cm³/mol.